The van der Waals surface area contributed by atoms with Gasteiger partial charge in [-0.25, -0.2) is 4.98 Å². The van der Waals surface area contributed by atoms with Crippen molar-refractivity contribution in [1.29, 1.82) is 0 Å². The smallest absolute Gasteiger partial charge is 0.387 e. The van der Waals surface area contributed by atoms with E-state index in [4.69, 9.17) is 11.6 Å². The highest BCUT2D eigenvalue weighted by atomic mass is 35.5. The van der Waals surface area contributed by atoms with Crippen molar-refractivity contribution in [2.45, 2.75) is 38.2 Å². The molecule has 0 bridgehead atoms. The third kappa shape index (κ3) is 4.59. The number of rotatable bonds is 5. The van der Waals surface area contributed by atoms with Gasteiger partial charge in [0, 0.05) is 31.7 Å². The maximum atomic E-state index is 12.8. The van der Waals surface area contributed by atoms with E-state index in [1.165, 1.54) is 10.6 Å². The van der Waals surface area contributed by atoms with Crippen molar-refractivity contribution in [3.05, 3.63) is 50.7 Å². The average molecular weight is 420 g/mol. The lowest BCUT2D eigenvalue weighted by Crippen LogP contribution is -2.45. The van der Waals surface area contributed by atoms with Gasteiger partial charge in [-0.2, -0.15) is 13.2 Å². The first-order chi connectivity index (χ1) is 12.9. The van der Waals surface area contributed by atoms with E-state index in [2.05, 4.69) is 9.97 Å². The molecule has 1 unspecified atom stereocenters. The normalized spacial score (nSPS) is 17.2. The van der Waals surface area contributed by atoms with Crippen LogP contribution in [-0.2, 0) is 25.7 Å². The Morgan fingerprint density at radius 3 is 2.64 bits per heavy atom. The van der Waals surface area contributed by atoms with Crippen LogP contribution in [0, 0.1) is 10.1 Å². The SMILES string of the molecule is CC(O)(CN1CCc2nc(C(F)(F)F)ccc2C1)Cn1cc([N+](=O)[O-])nc1Cl. The van der Waals surface area contributed by atoms with Crippen LogP contribution < -0.4 is 0 Å². The number of aromatic nitrogens is 3. The summed E-state index contributed by atoms with van der Waals surface area (Å²) in [6, 6.07) is 2.35. The molecule has 0 amide bonds. The number of alkyl halides is 3. The van der Waals surface area contributed by atoms with Crippen LogP contribution in [0.15, 0.2) is 18.3 Å². The largest absolute Gasteiger partial charge is 0.433 e. The molecule has 28 heavy (non-hydrogen) atoms. The van der Waals surface area contributed by atoms with E-state index < -0.39 is 28.2 Å². The highest BCUT2D eigenvalue weighted by Gasteiger charge is 2.34. The number of hydrogen-bond acceptors (Lipinski definition) is 6. The fourth-order valence-electron chi connectivity index (χ4n) is 3.25. The summed E-state index contributed by atoms with van der Waals surface area (Å²) in [6.07, 6.45) is -3.01. The second kappa shape index (κ2) is 7.30. The molecule has 0 fully saturated rings. The topological polar surface area (TPSA) is 97.3 Å². The van der Waals surface area contributed by atoms with Crippen LogP contribution in [-0.4, -0.2) is 48.2 Å². The van der Waals surface area contributed by atoms with Gasteiger partial charge in [-0.05, 0) is 40.1 Å². The standard InChI is InChI=1S/C16H17ClF3N5O3/c1-15(26,9-24-7-13(25(27)28)22-14(24)17)8-23-5-4-11-10(6-23)2-3-12(21-11)16(18,19)20/h2-3,7,26H,4-6,8-9H2,1H3. The summed E-state index contributed by atoms with van der Waals surface area (Å²) in [6.45, 7) is 2.48. The van der Waals surface area contributed by atoms with Crippen LogP contribution in [0.4, 0.5) is 19.0 Å². The zero-order valence-corrected chi connectivity index (χ0v) is 15.5. The Morgan fingerprint density at radius 2 is 2.04 bits per heavy atom. The van der Waals surface area contributed by atoms with Crippen molar-refractivity contribution in [2.75, 3.05) is 13.1 Å². The van der Waals surface area contributed by atoms with E-state index in [1.54, 1.807) is 6.92 Å². The molecule has 12 heteroatoms. The second-order valence-corrected chi connectivity index (χ2v) is 7.35. The Hall–Kier alpha value is -2.24. The number of β-amino-alcohol motifs (C(OH)–C–C–N with tert-alkyl or cyclic N) is 1. The Labute approximate surface area is 162 Å². The number of hydrogen-bond donors (Lipinski definition) is 1. The predicted octanol–water partition coefficient (Wildman–Crippen LogP) is 2.67. The highest BCUT2D eigenvalue weighted by molar-refractivity contribution is 6.28. The number of imidazole rings is 1. The zero-order valence-electron chi connectivity index (χ0n) is 14.8. The maximum absolute atomic E-state index is 12.8. The van der Waals surface area contributed by atoms with Gasteiger partial charge in [0.25, 0.3) is 0 Å². The molecule has 152 valence electrons. The van der Waals surface area contributed by atoms with Crippen LogP contribution in [0.3, 0.4) is 0 Å². The first-order valence-electron chi connectivity index (χ1n) is 8.32. The molecular formula is C16H17ClF3N5O3. The lowest BCUT2D eigenvalue weighted by atomic mass is 10.0. The van der Waals surface area contributed by atoms with Gasteiger partial charge in [0.15, 0.2) is 0 Å². The van der Waals surface area contributed by atoms with E-state index in [1.807, 2.05) is 4.90 Å². The lowest BCUT2D eigenvalue weighted by molar-refractivity contribution is -0.389. The van der Waals surface area contributed by atoms with Crippen LogP contribution >= 0.6 is 11.6 Å². The van der Waals surface area contributed by atoms with Gasteiger partial charge in [0.2, 0.25) is 0 Å². The molecule has 1 aliphatic rings. The highest BCUT2D eigenvalue weighted by Crippen LogP contribution is 2.30. The summed E-state index contributed by atoms with van der Waals surface area (Å²) in [5, 5.41) is 21.4. The van der Waals surface area contributed by atoms with Crippen molar-refractivity contribution in [1.82, 2.24) is 19.4 Å². The lowest BCUT2D eigenvalue weighted by Gasteiger charge is -2.34. The Kier molecular flexibility index (Phi) is 5.34. The molecule has 0 spiro atoms. The molecule has 2 aromatic heterocycles. The zero-order chi connectivity index (χ0) is 20.7. The fourth-order valence-corrected chi connectivity index (χ4v) is 3.44. The molecule has 0 radical (unpaired) electrons. The third-order valence-electron chi connectivity index (χ3n) is 4.40. The minimum atomic E-state index is -4.48. The number of nitro groups is 1. The number of aliphatic hydroxyl groups is 1. The van der Waals surface area contributed by atoms with Crippen LogP contribution in [0.25, 0.3) is 0 Å². The molecule has 0 saturated carbocycles. The first-order valence-corrected chi connectivity index (χ1v) is 8.70. The van der Waals surface area contributed by atoms with Crippen molar-refractivity contribution in [2.24, 2.45) is 0 Å². The van der Waals surface area contributed by atoms with Gasteiger partial charge in [-0.15, -0.1) is 0 Å². The van der Waals surface area contributed by atoms with E-state index in [-0.39, 0.29) is 18.4 Å². The first kappa shape index (κ1) is 20.5. The summed E-state index contributed by atoms with van der Waals surface area (Å²) in [5.41, 5.74) is -1.14. The molecule has 0 aromatic carbocycles. The van der Waals surface area contributed by atoms with Crippen LogP contribution in [0.5, 0.6) is 0 Å². The number of halogens is 4. The van der Waals surface area contributed by atoms with E-state index in [0.717, 1.165) is 12.3 Å². The molecule has 8 nitrogen and oxygen atoms in total. The van der Waals surface area contributed by atoms with E-state index >= 15 is 0 Å². The number of fused-ring (bicyclic) bond motifs is 1. The molecule has 1 N–H and O–H groups in total. The molecular weight excluding hydrogens is 403 g/mol. The van der Waals surface area contributed by atoms with E-state index in [0.29, 0.717) is 30.8 Å². The van der Waals surface area contributed by atoms with Crippen LogP contribution in [0.1, 0.15) is 23.9 Å². The van der Waals surface area contributed by atoms with Gasteiger partial charge < -0.3 is 15.2 Å². The minimum Gasteiger partial charge on any atom is -0.387 e. The second-order valence-electron chi connectivity index (χ2n) is 7.01. The number of nitrogens with zero attached hydrogens (tertiary/aromatic N) is 5. The monoisotopic (exact) mass is 419 g/mol. The minimum absolute atomic E-state index is 0.0265. The molecule has 0 saturated heterocycles. The van der Waals surface area contributed by atoms with Crippen molar-refractivity contribution in [3.8, 4) is 0 Å². The Balaban J connectivity index is 1.68. The van der Waals surface area contributed by atoms with Gasteiger partial charge in [0.1, 0.15) is 11.9 Å². The Bertz CT molecular complexity index is 900. The summed E-state index contributed by atoms with van der Waals surface area (Å²) < 4.78 is 39.6. The van der Waals surface area contributed by atoms with Gasteiger partial charge in [-0.3, -0.25) is 9.47 Å². The van der Waals surface area contributed by atoms with Gasteiger partial charge >= 0.3 is 17.3 Å². The summed E-state index contributed by atoms with van der Waals surface area (Å²) in [5.74, 6) is -0.417. The van der Waals surface area contributed by atoms with Gasteiger partial charge in [0.05, 0.1) is 12.1 Å². The summed E-state index contributed by atoms with van der Waals surface area (Å²) >= 11 is 5.88. The maximum Gasteiger partial charge on any atom is 0.433 e. The average Bonchev–Trinajstić information content (AvgIpc) is 2.93. The quantitative estimate of drug-likeness (QED) is 0.591. The molecule has 3 heterocycles. The molecule has 0 aliphatic carbocycles. The van der Waals surface area contributed by atoms with Crippen molar-refractivity contribution >= 4 is 17.4 Å². The summed E-state index contributed by atoms with van der Waals surface area (Å²) in [7, 11) is 0. The molecule has 2 aromatic rings. The van der Waals surface area contributed by atoms with Gasteiger partial charge in [-0.1, -0.05) is 6.07 Å². The Morgan fingerprint density at radius 1 is 1.32 bits per heavy atom. The van der Waals surface area contributed by atoms with Crippen molar-refractivity contribution in [3.63, 3.8) is 0 Å². The summed E-state index contributed by atoms with van der Waals surface area (Å²) in [4.78, 5) is 19.3. The van der Waals surface area contributed by atoms with Crippen molar-refractivity contribution < 1.29 is 23.2 Å². The molecule has 1 aliphatic heterocycles. The van der Waals surface area contributed by atoms with Crippen LogP contribution in [0.2, 0.25) is 5.28 Å². The molecule has 1 atom stereocenters. The number of pyridine rings is 1. The molecule has 3 rings (SSSR count). The van der Waals surface area contributed by atoms with E-state index in [9.17, 15) is 28.4 Å². The predicted molar refractivity (Wildman–Crippen MR) is 92.7 cm³/mol. The fraction of sp³-hybridized carbons (Fsp3) is 0.500. The third-order valence-corrected chi connectivity index (χ3v) is 4.70.